The van der Waals surface area contributed by atoms with Crippen LogP contribution in [0, 0.1) is 25.7 Å². The molecule has 2 aliphatic rings. The van der Waals surface area contributed by atoms with E-state index < -0.39 is 0 Å². The van der Waals surface area contributed by atoms with Crippen LogP contribution in [0.25, 0.3) is 0 Å². The molecular formula is C25H37N3O3. The van der Waals surface area contributed by atoms with E-state index in [-0.39, 0.29) is 30.4 Å². The molecule has 0 spiro atoms. The van der Waals surface area contributed by atoms with Crippen LogP contribution in [-0.2, 0) is 9.59 Å². The van der Waals surface area contributed by atoms with Gasteiger partial charge in [0, 0.05) is 57.7 Å². The Labute approximate surface area is 186 Å². The van der Waals surface area contributed by atoms with E-state index in [0.717, 1.165) is 24.2 Å². The number of benzene rings is 1. The summed E-state index contributed by atoms with van der Waals surface area (Å²) in [5.41, 5.74) is 2.94. The van der Waals surface area contributed by atoms with E-state index in [0.29, 0.717) is 50.1 Å². The number of carbonyl (C=O) groups is 3. The van der Waals surface area contributed by atoms with Gasteiger partial charge in [0.05, 0.1) is 6.54 Å². The Morgan fingerprint density at radius 2 is 1.48 bits per heavy atom. The lowest BCUT2D eigenvalue weighted by Crippen LogP contribution is -2.53. The van der Waals surface area contributed by atoms with Crippen molar-refractivity contribution >= 4 is 17.6 Å². The highest BCUT2D eigenvalue weighted by atomic mass is 16.2. The van der Waals surface area contributed by atoms with Crippen molar-refractivity contribution in [2.75, 3.05) is 45.8 Å². The summed E-state index contributed by atoms with van der Waals surface area (Å²) in [7, 11) is 0. The molecule has 2 atom stereocenters. The molecule has 0 bridgehead atoms. The lowest BCUT2D eigenvalue weighted by molar-refractivity contribution is -0.136. The number of hydrogen-bond donors (Lipinski definition) is 0. The van der Waals surface area contributed by atoms with E-state index in [1.165, 1.54) is 6.42 Å². The maximum Gasteiger partial charge on any atom is 0.236 e. The van der Waals surface area contributed by atoms with E-state index in [2.05, 4.69) is 18.7 Å². The first-order valence-corrected chi connectivity index (χ1v) is 11.6. The van der Waals surface area contributed by atoms with Crippen molar-refractivity contribution in [3.8, 4) is 0 Å². The minimum absolute atomic E-state index is 0.0191. The summed E-state index contributed by atoms with van der Waals surface area (Å²) in [6.07, 6.45) is 1.68. The molecular weight excluding hydrogens is 390 g/mol. The Bertz CT molecular complexity index is 804. The predicted octanol–water partition coefficient (Wildman–Crippen LogP) is 2.92. The molecule has 2 fully saturated rings. The van der Waals surface area contributed by atoms with Gasteiger partial charge in [0.1, 0.15) is 0 Å². The molecule has 0 aliphatic carbocycles. The fraction of sp³-hybridized carbons (Fsp3) is 0.640. The van der Waals surface area contributed by atoms with Gasteiger partial charge in [-0.1, -0.05) is 26.0 Å². The monoisotopic (exact) mass is 427 g/mol. The third kappa shape index (κ3) is 6.39. The largest absolute Gasteiger partial charge is 0.341 e. The Balaban J connectivity index is 1.40. The molecule has 1 aromatic rings. The summed E-state index contributed by atoms with van der Waals surface area (Å²) in [5.74, 6) is 1.38. The van der Waals surface area contributed by atoms with E-state index in [1.54, 1.807) is 0 Å². The maximum atomic E-state index is 12.7. The van der Waals surface area contributed by atoms with Crippen LogP contribution >= 0.6 is 0 Å². The zero-order valence-electron chi connectivity index (χ0n) is 19.5. The summed E-state index contributed by atoms with van der Waals surface area (Å²) < 4.78 is 0. The molecule has 6 nitrogen and oxygen atoms in total. The number of hydrogen-bond acceptors (Lipinski definition) is 4. The van der Waals surface area contributed by atoms with Crippen molar-refractivity contribution in [2.24, 2.45) is 11.8 Å². The van der Waals surface area contributed by atoms with Crippen LogP contribution < -0.4 is 0 Å². The van der Waals surface area contributed by atoms with Gasteiger partial charge in [0.2, 0.25) is 11.8 Å². The van der Waals surface area contributed by atoms with Crippen LogP contribution in [-0.4, -0.2) is 78.1 Å². The Morgan fingerprint density at radius 3 is 2.10 bits per heavy atom. The number of ketones is 1. The molecule has 2 saturated heterocycles. The molecule has 2 aliphatic heterocycles. The van der Waals surface area contributed by atoms with Gasteiger partial charge >= 0.3 is 0 Å². The number of piperidine rings is 1. The molecule has 2 heterocycles. The fourth-order valence-corrected chi connectivity index (χ4v) is 4.75. The molecule has 170 valence electrons. The van der Waals surface area contributed by atoms with Gasteiger partial charge in [-0.2, -0.15) is 0 Å². The number of aryl methyl sites for hydroxylation is 2. The predicted molar refractivity (Wildman–Crippen MR) is 122 cm³/mol. The van der Waals surface area contributed by atoms with Gasteiger partial charge in [0.15, 0.2) is 5.78 Å². The standard InChI is InChI=1S/C25H37N3O3/c1-18-13-19(2)16-28(15-18)25(31)17-26-9-11-27(12-10-26)24(30)8-7-23(29)22-6-5-20(3)21(4)14-22/h5-6,14,18-19H,7-13,15-17H2,1-4H3. The van der Waals surface area contributed by atoms with Crippen LogP contribution in [0.3, 0.4) is 0 Å². The van der Waals surface area contributed by atoms with Crippen molar-refractivity contribution in [3.63, 3.8) is 0 Å². The highest BCUT2D eigenvalue weighted by molar-refractivity contribution is 5.98. The first-order chi connectivity index (χ1) is 14.7. The highest BCUT2D eigenvalue weighted by Crippen LogP contribution is 2.21. The Kier molecular flexibility index (Phi) is 7.87. The third-order valence-corrected chi connectivity index (χ3v) is 6.70. The molecule has 1 aromatic carbocycles. The van der Waals surface area contributed by atoms with Crippen molar-refractivity contribution < 1.29 is 14.4 Å². The quantitative estimate of drug-likeness (QED) is 0.655. The molecule has 2 unspecified atom stereocenters. The molecule has 0 N–H and O–H groups in total. The topological polar surface area (TPSA) is 60.9 Å². The zero-order chi connectivity index (χ0) is 22.5. The van der Waals surface area contributed by atoms with Crippen LogP contribution in [0.5, 0.6) is 0 Å². The second kappa shape index (κ2) is 10.4. The van der Waals surface area contributed by atoms with E-state index in [4.69, 9.17) is 0 Å². The van der Waals surface area contributed by atoms with Crippen LogP contribution in [0.1, 0.15) is 54.6 Å². The summed E-state index contributed by atoms with van der Waals surface area (Å²) in [6, 6.07) is 5.70. The summed E-state index contributed by atoms with van der Waals surface area (Å²) >= 11 is 0. The summed E-state index contributed by atoms with van der Waals surface area (Å²) in [6.45, 7) is 13.3. The first-order valence-electron chi connectivity index (χ1n) is 11.6. The molecule has 31 heavy (non-hydrogen) atoms. The Hall–Kier alpha value is -2.21. The summed E-state index contributed by atoms with van der Waals surface area (Å²) in [4.78, 5) is 43.7. The number of rotatable bonds is 6. The molecule has 2 amide bonds. The van der Waals surface area contributed by atoms with Crippen LogP contribution in [0.2, 0.25) is 0 Å². The zero-order valence-corrected chi connectivity index (χ0v) is 19.5. The van der Waals surface area contributed by atoms with Crippen molar-refractivity contribution in [3.05, 3.63) is 34.9 Å². The van der Waals surface area contributed by atoms with Gasteiger partial charge in [-0.3, -0.25) is 19.3 Å². The third-order valence-electron chi connectivity index (χ3n) is 6.70. The van der Waals surface area contributed by atoms with E-state index in [1.807, 2.05) is 41.8 Å². The smallest absolute Gasteiger partial charge is 0.236 e. The minimum Gasteiger partial charge on any atom is -0.341 e. The molecule has 0 radical (unpaired) electrons. The maximum absolute atomic E-state index is 12.7. The van der Waals surface area contributed by atoms with Gasteiger partial charge in [-0.15, -0.1) is 0 Å². The first kappa shape index (κ1) is 23.5. The lowest BCUT2D eigenvalue weighted by atomic mass is 9.92. The highest BCUT2D eigenvalue weighted by Gasteiger charge is 2.28. The van der Waals surface area contributed by atoms with Gasteiger partial charge in [-0.05, 0) is 49.3 Å². The van der Waals surface area contributed by atoms with Crippen LogP contribution in [0.4, 0.5) is 0 Å². The van der Waals surface area contributed by atoms with Gasteiger partial charge in [0.25, 0.3) is 0 Å². The van der Waals surface area contributed by atoms with Crippen LogP contribution in [0.15, 0.2) is 18.2 Å². The second-order valence-corrected chi connectivity index (χ2v) is 9.62. The van der Waals surface area contributed by atoms with Crippen molar-refractivity contribution in [2.45, 2.75) is 47.0 Å². The number of likely N-dealkylation sites (tertiary alicyclic amines) is 1. The Morgan fingerprint density at radius 1 is 0.839 bits per heavy atom. The number of carbonyl (C=O) groups excluding carboxylic acids is 3. The van der Waals surface area contributed by atoms with Crippen molar-refractivity contribution in [1.29, 1.82) is 0 Å². The van der Waals surface area contributed by atoms with Gasteiger partial charge < -0.3 is 9.80 Å². The van der Waals surface area contributed by atoms with E-state index >= 15 is 0 Å². The number of Topliss-reactive ketones (excluding diaryl/α,β-unsaturated/α-hetero) is 1. The SMILES string of the molecule is Cc1ccc(C(=O)CCC(=O)N2CCN(CC(=O)N3CC(C)CC(C)C3)CC2)cc1C. The molecule has 0 aromatic heterocycles. The normalized spacial score (nSPS) is 22.5. The molecule has 0 saturated carbocycles. The molecule has 3 rings (SSSR count). The second-order valence-electron chi connectivity index (χ2n) is 9.62. The fourth-order valence-electron chi connectivity index (χ4n) is 4.75. The number of nitrogens with zero attached hydrogens (tertiary/aromatic N) is 3. The molecule has 6 heteroatoms. The average molecular weight is 428 g/mol. The summed E-state index contributed by atoms with van der Waals surface area (Å²) in [5, 5.41) is 0. The van der Waals surface area contributed by atoms with E-state index in [9.17, 15) is 14.4 Å². The van der Waals surface area contributed by atoms with Crippen molar-refractivity contribution in [1.82, 2.24) is 14.7 Å². The average Bonchev–Trinajstić information content (AvgIpc) is 2.73. The number of piperazine rings is 1. The van der Waals surface area contributed by atoms with Gasteiger partial charge in [-0.25, -0.2) is 0 Å². The minimum atomic E-state index is 0.0191. The lowest BCUT2D eigenvalue weighted by Gasteiger charge is -2.38. The number of amides is 2.